The van der Waals surface area contributed by atoms with Crippen LogP contribution in [0, 0.1) is 5.92 Å². The highest BCUT2D eigenvalue weighted by Crippen LogP contribution is 2.28. The van der Waals surface area contributed by atoms with Crippen LogP contribution in [-0.4, -0.2) is 17.0 Å². The largest absolute Gasteiger partial charge is 0.477 e. The minimum Gasteiger partial charge on any atom is -0.477 e. The van der Waals surface area contributed by atoms with Crippen LogP contribution in [0.3, 0.4) is 0 Å². The maximum atomic E-state index is 12.0. The molecular weight excluding hydrogens is 286 g/mol. The van der Waals surface area contributed by atoms with Crippen molar-refractivity contribution in [2.75, 3.05) is 5.32 Å². The maximum Gasteiger partial charge on any atom is 0.345 e. The van der Waals surface area contributed by atoms with Gasteiger partial charge in [-0.3, -0.25) is 4.79 Å². The molecule has 21 heavy (non-hydrogen) atoms. The number of thiophene rings is 1. The monoisotopic (exact) mass is 301 g/mol. The van der Waals surface area contributed by atoms with Crippen LogP contribution in [0.1, 0.15) is 28.9 Å². The van der Waals surface area contributed by atoms with E-state index in [1.54, 1.807) is 6.07 Å². The highest BCUT2D eigenvalue weighted by atomic mass is 32.1. The van der Waals surface area contributed by atoms with Crippen LogP contribution in [-0.2, 0) is 4.79 Å². The van der Waals surface area contributed by atoms with Gasteiger partial charge in [0.15, 0.2) is 0 Å². The van der Waals surface area contributed by atoms with Gasteiger partial charge in [0.25, 0.3) is 0 Å². The van der Waals surface area contributed by atoms with E-state index >= 15 is 0 Å². The van der Waals surface area contributed by atoms with Crippen molar-refractivity contribution in [3.8, 4) is 0 Å². The Balaban J connectivity index is 1.73. The molecule has 0 aliphatic heterocycles. The normalized spacial score (nSPS) is 17.2. The van der Waals surface area contributed by atoms with E-state index in [9.17, 15) is 9.59 Å². The predicted octanol–water partition coefficient (Wildman–Crippen LogP) is 3.89. The summed E-state index contributed by atoms with van der Waals surface area (Å²) in [5.74, 6) is -0.581. The van der Waals surface area contributed by atoms with Crippen molar-refractivity contribution in [1.82, 2.24) is 0 Å². The number of fused-ring (bicyclic) bond motifs is 1. The number of hydrogen-bond donors (Lipinski definition) is 2. The van der Waals surface area contributed by atoms with Crippen molar-refractivity contribution in [2.45, 2.75) is 19.3 Å². The van der Waals surface area contributed by atoms with E-state index in [1.165, 1.54) is 11.3 Å². The van der Waals surface area contributed by atoms with Crippen molar-refractivity contribution < 1.29 is 14.7 Å². The first-order valence-electron chi connectivity index (χ1n) is 6.85. The molecule has 1 heterocycles. The number of carbonyl (C=O) groups is 2. The zero-order chi connectivity index (χ0) is 14.8. The standard InChI is InChI=1S/C16H15NO3S/c18-15(7-10-3-1-2-4-10)17-12-5-6-13-11(8-12)9-14(21-13)16(19)20/h1,3,5-6,8-10H,2,4,7H2,(H,17,18)(H,19,20). The summed E-state index contributed by atoms with van der Waals surface area (Å²) >= 11 is 1.24. The van der Waals surface area contributed by atoms with Gasteiger partial charge >= 0.3 is 5.97 Å². The van der Waals surface area contributed by atoms with Gasteiger partial charge in [0.2, 0.25) is 5.91 Å². The zero-order valence-electron chi connectivity index (χ0n) is 11.3. The van der Waals surface area contributed by atoms with Gasteiger partial charge in [0.05, 0.1) is 0 Å². The summed E-state index contributed by atoms with van der Waals surface area (Å²) in [4.78, 5) is 23.3. The second-order valence-electron chi connectivity index (χ2n) is 5.19. The van der Waals surface area contributed by atoms with Gasteiger partial charge < -0.3 is 10.4 Å². The molecule has 0 spiro atoms. The third-order valence-electron chi connectivity index (χ3n) is 3.57. The smallest absolute Gasteiger partial charge is 0.345 e. The Morgan fingerprint density at radius 3 is 2.90 bits per heavy atom. The number of carboxylic acid groups (broad SMARTS) is 1. The van der Waals surface area contributed by atoms with Gasteiger partial charge in [-0.25, -0.2) is 4.79 Å². The topological polar surface area (TPSA) is 66.4 Å². The van der Waals surface area contributed by atoms with Crippen LogP contribution in [0.25, 0.3) is 10.1 Å². The number of hydrogen-bond acceptors (Lipinski definition) is 3. The van der Waals surface area contributed by atoms with E-state index in [1.807, 2.05) is 18.2 Å². The molecule has 2 N–H and O–H groups in total. The van der Waals surface area contributed by atoms with Crippen molar-refractivity contribution in [1.29, 1.82) is 0 Å². The molecule has 1 aromatic heterocycles. The Kier molecular flexibility index (Phi) is 3.75. The van der Waals surface area contributed by atoms with E-state index in [0.29, 0.717) is 22.9 Å². The Morgan fingerprint density at radius 2 is 2.19 bits per heavy atom. The molecule has 3 rings (SSSR count). The summed E-state index contributed by atoms with van der Waals surface area (Å²) < 4.78 is 0.907. The number of carboxylic acids is 1. The van der Waals surface area contributed by atoms with Crippen molar-refractivity contribution >= 4 is 39.0 Å². The summed E-state index contributed by atoms with van der Waals surface area (Å²) in [7, 11) is 0. The molecule has 4 nitrogen and oxygen atoms in total. The van der Waals surface area contributed by atoms with Gasteiger partial charge in [0, 0.05) is 16.8 Å². The summed E-state index contributed by atoms with van der Waals surface area (Å²) in [6.07, 6.45) is 6.80. The predicted molar refractivity (Wildman–Crippen MR) is 83.9 cm³/mol. The van der Waals surface area contributed by atoms with Crippen LogP contribution < -0.4 is 5.32 Å². The van der Waals surface area contributed by atoms with Crippen molar-refractivity contribution in [3.05, 3.63) is 41.3 Å². The lowest BCUT2D eigenvalue weighted by molar-refractivity contribution is -0.116. The number of anilines is 1. The summed E-state index contributed by atoms with van der Waals surface area (Å²) in [5.41, 5.74) is 0.712. The average Bonchev–Trinajstić information content (AvgIpc) is 3.06. The molecule has 108 valence electrons. The van der Waals surface area contributed by atoms with Crippen molar-refractivity contribution in [2.24, 2.45) is 5.92 Å². The zero-order valence-corrected chi connectivity index (χ0v) is 12.2. The molecule has 2 aromatic rings. The van der Waals surface area contributed by atoms with Gasteiger partial charge in [-0.1, -0.05) is 12.2 Å². The van der Waals surface area contributed by atoms with Crippen LogP contribution in [0.4, 0.5) is 5.69 Å². The van der Waals surface area contributed by atoms with Crippen LogP contribution in [0.5, 0.6) is 0 Å². The number of rotatable bonds is 4. The quantitative estimate of drug-likeness (QED) is 0.842. The van der Waals surface area contributed by atoms with E-state index in [0.717, 1.165) is 22.9 Å². The summed E-state index contributed by atoms with van der Waals surface area (Å²) in [5, 5.41) is 12.7. The van der Waals surface area contributed by atoms with E-state index in [2.05, 4.69) is 17.5 Å². The fourth-order valence-corrected chi connectivity index (χ4v) is 3.42. The first kappa shape index (κ1) is 13.8. The minimum atomic E-state index is -0.921. The van der Waals surface area contributed by atoms with Crippen molar-refractivity contribution in [3.63, 3.8) is 0 Å². The first-order chi connectivity index (χ1) is 10.1. The Morgan fingerprint density at radius 1 is 1.33 bits per heavy atom. The van der Waals surface area contributed by atoms with E-state index in [-0.39, 0.29) is 5.91 Å². The minimum absolute atomic E-state index is 0.000382. The van der Waals surface area contributed by atoms with Crippen LogP contribution >= 0.6 is 11.3 Å². The lowest BCUT2D eigenvalue weighted by Gasteiger charge is -2.08. The molecule has 0 saturated carbocycles. The Bertz CT molecular complexity index is 732. The highest BCUT2D eigenvalue weighted by molar-refractivity contribution is 7.20. The maximum absolute atomic E-state index is 12.0. The molecule has 1 atom stereocenters. The lowest BCUT2D eigenvalue weighted by atomic mass is 10.1. The second-order valence-corrected chi connectivity index (χ2v) is 6.27. The molecule has 1 unspecified atom stereocenters. The molecule has 0 radical (unpaired) electrons. The van der Waals surface area contributed by atoms with E-state index < -0.39 is 5.97 Å². The molecular formula is C16H15NO3S. The van der Waals surface area contributed by atoms with Gasteiger partial charge in [0.1, 0.15) is 4.88 Å². The van der Waals surface area contributed by atoms with E-state index in [4.69, 9.17) is 5.11 Å². The number of carbonyl (C=O) groups excluding carboxylic acids is 1. The molecule has 1 aromatic carbocycles. The second kappa shape index (κ2) is 5.69. The fourth-order valence-electron chi connectivity index (χ4n) is 2.54. The van der Waals surface area contributed by atoms with Gasteiger partial charge in [-0.2, -0.15) is 0 Å². The fraction of sp³-hybridized carbons (Fsp3) is 0.250. The summed E-state index contributed by atoms with van der Waals surface area (Å²) in [6, 6.07) is 7.11. The Hall–Kier alpha value is -2.14. The number of nitrogens with one attached hydrogen (secondary N) is 1. The SMILES string of the molecule is O=C(CC1C=CCC1)Nc1ccc2sc(C(=O)O)cc2c1. The lowest BCUT2D eigenvalue weighted by Crippen LogP contribution is -2.14. The van der Waals surface area contributed by atoms with Crippen LogP contribution in [0.2, 0.25) is 0 Å². The molecule has 1 aliphatic carbocycles. The molecule has 5 heteroatoms. The summed E-state index contributed by atoms with van der Waals surface area (Å²) in [6.45, 7) is 0. The number of aromatic carboxylic acids is 1. The molecule has 1 amide bonds. The highest BCUT2D eigenvalue weighted by Gasteiger charge is 2.14. The molecule has 0 saturated heterocycles. The van der Waals surface area contributed by atoms with Gasteiger partial charge in [-0.05, 0) is 48.4 Å². The molecule has 0 bridgehead atoms. The number of amides is 1. The Labute approximate surface area is 126 Å². The third kappa shape index (κ3) is 3.13. The number of allylic oxidation sites excluding steroid dienone is 2. The van der Waals surface area contributed by atoms with Crippen LogP contribution in [0.15, 0.2) is 36.4 Å². The van der Waals surface area contributed by atoms with Gasteiger partial charge in [-0.15, -0.1) is 11.3 Å². The molecule has 0 fully saturated rings. The molecule has 1 aliphatic rings. The third-order valence-corrected chi connectivity index (χ3v) is 4.67. The first-order valence-corrected chi connectivity index (χ1v) is 7.67. The number of benzene rings is 1. The average molecular weight is 301 g/mol.